The van der Waals surface area contributed by atoms with E-state index in [1.165, 1.54) is 23.2 Å². The summed E-state index contributed by atoms with van der Waals surface area (Å²) < 4.78 is 1.50. The average molecular weight is 383 g/mol. The largest absolute Gasteiger partial charge is 0.347 e. The van der Waals surface area contributed by atoms with Gasteiger partial charge in [0.25, 0.3) is 5.91 Å². The zero-order valence-electron chi connectivity index (χ0n) is 15.4. The first-order chi connectivity index (χ1) is 14.2. The van der Waals surface area contributed by atoms with Crippen LogP contribution in [0.15, 0.2) is 90.2 Å². The molecular weight excluding hydrogens is 366 g/mol. The van der Waals surface area contributed by atoms with Gasteiger partial charge in [-0.15, -0.1) is 0 Å². The van der Waals surface area contributed by atoms with Crippen LogP contribution in [0.2, 0.25) is 0 Å². The summed E-state index contributed by atoms with van der Waals surface area (Å²) in [6.45, 7) is 0.366. The molecule has 0 aliphatic heterocycles. The quantitative estimate of drug-likeness (QED) is 0.572. The Hall–Kier alpha value is -4.13. The van der Waals surface area contributed by atoms with Gasteiger partial charge in [0, 0.05) is 36.0 Å². The van der Waals surface area contributed by atoms with E-state index in [1.807, 2.05) is 48.5 Å². The third-order valence-corrected chi connectivity index (χ3v) is 4.27. The van der Waals surface area contributed by atoms with E-state index in [1.54, 1.807) is 18.3 Å². The number of nitrogens with one attached hydrogen (secondary N) is 1. The highest BCUT2D eigenvalue weighted by molar-refractivity contribution is 6.03. The number of amides is 1. The van der Waals surface area contributed by atoms with Crippen LogP contribution in [0.1, 0.15) is 15.9 Å². The van der Waals surface area contributed by atoms with Gasteiger partial charge in [-0.25, -0.2) is 19.7 Å². The van der Waals surface area contributed by atoms with Crippen molar-refractivity contribution in [3.8, 4) is 11.4 Å². The summed E-state index contributed by atoms with van der Waals surface area (Å²) >= 11 is 0. The minimum atomic E-state index is -0.322. The number of carbonyl (C=O) groups excluding carboxylic acids is 1. The lowest BCUT2D eigenvalue weighted by Crippen LogP contribution is -2.22. The van der Waals surface area contributed by atoms with Crippen LogP contribution in [-0.2, 0) is 6.54 Å². The summed E-state index contributed by atoms with van der Waals surface area (Å²) in [6, 6.07) is 18.6. The number of carbonyl (C=O) groups is 1. The second kappa shape index (κ2) is 8.26. The Kier molecular flexibility index (Phi) is 5.20. The predicted octanol–water partition coefficient (Wildman–Crippen LogP) is 3.00. The van der Waals surface area contributed by atoms with Crippen molar-refractivity contribution < 1.29 is 4.79 Å². The van der Waals surface area contributed by atoms with Crippen LogP contribution in [0.5, 0.6) is 0 Å². The van der Waals surface area contributed by atoms with Gasteiger partial charge in [-0.3, -0.25) is 9.36 Å². The monoisotopic (exact) mass is 383 g/mol. The van der Waals surface area contributed by atoms with Crippen LogP contribution in [0.3, 0.4) is 0 Å². The number of nitrogens with zero attached hydrogens (tertiary/aromatic N) is 4. The van der Waals surface area contributed by atoms with Crippen molar-refractivity contribution in [2.45, 2.75) is 6.54 Å². The average Bonchev–Trinajstić information content (AvgIpc) is 2.76. The molecule has 0 radical (unpaired) electrons. The van der Waals surface area contributed by atoms with Crippen molar-refractivity contribution >= 4 is 11.6 Å². The molecule has 29 heavy (non-hydrogen) atoms. The molecule has 0 atom stereocenters. The Morgan fingerprint density at radius 3 is 2.48 bits per heavy atom. The van der Waals surface area contributed by atoms with Gasteiger partial charge in [0.1, 0.15) is 0 Å². The molecule has 0 bridgehead atoms. The summed E-state index contributed by atoms with van der Waals surface area (Å²) in [4.78, 5) is 36.6. The molecule has 1 N–H and O–H groups in total. The van der Waals surface area contributed by atoms with Crippen LogP contribution in [-0.4, -0.2) is 25.4 Å². The van der Waals surface area contributed by atoms with E-state index < -0.39 is 0 Å². The minimum Gasteiger partial charge on any atom is -0.322 e. The Bertz CT molecular complexity index is 1190. The molecule has 4 aromatic rings. The third kappa shape index (κ3) is 4.41. The molecule has 0 fully saturated rings. The summed E-state index contributed by atoms with van der Waals surface area (Å²) in [5, 5.41) is 2.84. The second-order valence-corrected chi connectivity index (χ2v) is 6.35. The molecule has 4 rings (SSSR count). The standard InChI is InChI=1S/C22H17N5O2/c28-21(18-13-24-20(25-14-18)17-7-2-1-3-8-17)26-19-9-4-6-16(12-19)15-27-11-5-10-23-22(27)29/h1-14H,15H2,(H,26,28). The van der Waals surface area contributed by atoms with Crippen LogP contribution in [0.4, 0.5) is 5.69 Å². The van der Waals surface area contributed by atoms with Crippen molar-refractivity contribution in [2.75, 3.05) is 5.32 Å². The first kappa shape index (κ1) is 18.2. The maximum Gasteiger partial charge on any atom is 0.347 e. The van der Waals surface area contributed by atoms with Gasteiger partial charge in [-0.2, -0.15) is 0 Å². The normalized spacial score (nSPS) is 10.5. The van der Waals surface area contributed by atoms with E-state index in [4.69, 9.17) is 0 Å². The van der Waals surface area contributed by atoms with Gasteiger partial charge < -0.3 is 5.32 Å². The molecule has 0 spiro atoms. The molecular formula is C22H17N5O2. The van der Waals surface area contributed by atoms with Crippen LogP contribution >= 0.6 is 0 Å². The molecule has 142 valence electrons. The lowest BCUT2D eigenvalue weighted by molar-refractivity contribution is 0.102. The van der Waals surface area contributed by atoms with Crippen LogP contribution in [0, 0.1) is 0 Å². The zero-order valence-corrected chi connectivity index (χ0v) is 15.4. The molecule has 7 heteroatoms. The number of rotatable bonds is 5. The van der Waals surface area contributed by atoms with E-state index in [2.05, 4.69) is 20.3 Å². The molecule has 1 amide bonds. The van der Waals surface area contributed by atoms with E-state index in [0.29, 0.717) is 23.6 Å². The van der Waals surface area contributed by atoms with Gasteiger partial charge in [-0.05, 0) is 23.8 Å². The fourth-order valence-corrected chi connectivity index (χ4v) is 2.84. The van der Waals surface area contributed by atoms with Gasteiger partial charge in [0.2, 0.25) is 0 Å². The highest BCUT2D eigenvalue weighted by Crippen LogP contribution is 2.15. The summed E-state index contributed by atoms with van der Waals surface area (Å²) in [5.41, 5.74) is 2.42. The van der Waals surface area contributed by atoms with Gasteiger partial charge in [0.05, 0.1) is 12.1 Å². The number of anilines is 1. The Morgan fingerprint density at radius 2 is 1.72 bits per heavy atom. The molecule has 0 unspecified atom stereocenters. The first-order valence-electron chi connectivity index (χ1n) is 8.98. The smallest absolute Gasteiger partial charge is 0.322 e. The lowest BCUT2D eigenvalue weighted by Gasteiger charge is -2.09. The lowest BCUT2D eigenvalue weighted by atomic mass is 10.2. The number of aromatic nitrogens is 4. The van der Waals surface area contributed by atoms with Crippen molar-refractivity contribution in [3.63, 3.8) is 0 Å². The highest BCUT2D eigenvalue weighted by atomic mass is 16.2. The molecule has 0 aliphatic carbocycles. The molecule has 0 aliphatic rings. The molecule has 2 aromatic carbocycles. The van der Waals surface area contributed by atoms with E-state index in [-0.39, 0.29) is 11.6 Å². The van der Waals surface area contributed by atoms with Gasteiger partial charge >= 0.3 is 5.69 Å². The number of benzene rings is 2. The Balaban J connectivity index is 1.47. The molecule has 0 saturated carbocycles. The molecule has 2 heterocycles. The summed E-state index contributed by atoms with van der Waals surface area (Å²) in [6.07, 6.45) is 6.14. The number of hydrogen-bond donors (Lipinski definition) is 1. The maximum absolute atomic E-state index is 12.5. The Labute approximate surface area is 166 Å². The fraction of sp³-hybridized carbons (Fsp3) is 0.0455. The SMILES string of the molecule is O=C(Nc1cccc(Cn2cccnc2=O)c1)c1cnc(-c2ccccc2)nc1. The maximum atomic E-state index is 12.5. The van der Waals surface area contributed by atoms with E-state index in [0.717, 1.165) is 11.1 Å². The Morgan fingerprint density at radius 1 is 0.931 bits per heavy atom. The van der Waals surface area contributed by atoms with Crippen molar-refractivity contribution in [3.05, 3.63) is 107 Å². The third-order valence-electron chi connectivity index (χ3n) is 4.27. The van der Waals surface area contributed by atoms with E-state index in [9.17, 15) is 9.59 Å². The van der Waals surface area contributed by atoms with Gasteiger partial charge in [-0.1, -0.05) is 42.5 Å². The van der Waals surface area contributed by atoms with Gasteiger partial charge in [0.15, 0.2) is 5.82 Å². The van der Waals surface area contributed by atoms with Crippen LogP contribution in [0.25, 0.3) is 11.4 Å². The topological polar surface area (TPSA) is 89.8 Å². The minimum absolute atomic E-state index is 0.305. The number of hydrogen-bond acceptors (Lipinski definition) is 5. The molecule has 2 aromatic heterocycles. The van der Waals surface area contributed by atoms with E-state index >= 15 is 0 Å². The molecule has 7 nitrogen and oxygen atoms in total. The van der Waals surface area contributed by atoms with Crippen molar-refractivity contribution in [1.82, 2.24) is 19.5 Å². The fourth-order valence-electron chi connectivity index (χ4n) is 2.84. The highest BCUT2D eigenvalue weighted by Gasteiger charge is 2.09. The van der Waals surface area contributed by atoms with Crippen molar-refractivity contribution in [2.24, 2.45) is 0 Å². The predicted molar refractivity (Wildman–Crippen MR) is 109 cm³/mol. The zero-order chi connectivity index (χ0) is 20.1. The van der Waals surface area contributed by atoms with Crippen LogP contribution < -0.4 is 11.0 Å². The summed E-state index contributed by atoms with van der Waals surface area (Å²) in [7, 11) is 0. The van der Waals surface area contributed by atoms with Crippen molar-refractivity contribution in [1.29, 1.82) is 0 Å². The first-order valence-corrected chi connectivity index (χ1v) is 8.98. The second-order valence-electron chi connectivity index (χ2n) is 6.35. The summed E-state index contributed by atoms with van der Waals surface area (Å²) in [5.74, 6) is 0.256. The molecule has 0 saturated heterocycles.